The number of carbonyl (C=O) groups is 1. The first-order valence-electron chi connectivity index (χ1n) is 9.77. The number of hydrogen-bond acceptors (Lipinski definition) is 4. The van der Waals surface area contributed by atoms with Crippen LogP contribution in [0.25, 0.3) is 5.83 Å². The molecule has 5 nitrogen and oxygen atoms in total. The lowest BCUT2D eigenvalue weighted by Crippen LogP contribution is -2.39. The van der Waals surface area contributed by atoms with Gasteiger partial charge in [-0.3, -0.25) is 4.79 Å². The maximum Gasteiger partial charge on any atom is 0.417 e. The van der Waals surface area contributed by atoms with Gasteiger partial charge < -0.3 is 0 Å². The van der Waals surface area contributed by atoms with Crippen molar-refractivity contribution < 1.29 is 35.5 Å². The maximum absolute atomic E-state index is 15.0. The lowest BCUT2D eigenvalue weighted by Gasteiger charge is -2.20. The first-order valence-corrected chi connectivity index (χ1v) is 10.9. The van der Waals surface area contributed by atoms with E-state index >= 15 is 0 Å². The van der Waals surface area contributed by atoms with Crippen molar-refractivity contribution in [3.63, 3.8) is 0 Å². The molecule has 0 aliphatic heterocycles. The number of nitrogens with two attached hydrogens (primary N) is 1. The number of allylic oxidation sites excluding steroid dienone is 1. The fourth-order valence-corrected chi connectivity index (χ4v) is 3.74. The topological polar surface area (TPSA) is 72.1 Å². The predicted octanol–water partition coefficient (Wildman–Crippen LogP) is 7.63. The predicted molar refractivity (Wildman–Crippen MR) is 124 cm³/mol. The molecule has 0 spiro atoms. The van der Waals surface area contributed by atoms with E-state index in [9.17, 15) is 35.5 Å². The number of benzene rings is 2. The molecule has 1 heterocycles. The zero-order chi connectivity index (χ0) is 27.7. The summed E-state index contributed by atoms with van der Waals surface area (Å²) in [4.78, 5) is 19.9. The fourth-order valence-electron chi connectivity index (χ4n) is 3.13. The summed E-state index contributed by atoms with van der Waals surface area (Å²) in [5.41, 5.74) is -4.15. The average Bonchev–Trinajstić information content (AvgIpc) is 2.83. The van der Waals surface area contributed by atoms with Gasteiger partial charge >= 0.3 is 12.4 Å². The molecular formula is C22H12Cl3F7N4O. The Kier molecular flexibility index (Phi) is 8.37. The number of nitrogens with zero attached hydrogens (tertiary/aromatic N) is 3. The van der Waals surface area contributed by atoms with Crippen LogP contribution in [0.15, 0.2) is 54.9 Å². The summed E-state index contributed by atoms with van der Waals surface area (Å²) in [6.07, 6.45) is -7.88. The van der Waals surface area contributed by atoms with Crippen LogP contribution in [0, 0.1) is 0 Å². The second-order valence-corrected chi connectivity index (χ2v) is 8.51. The normalized spacial score (nSPS) is 13.4. The highest BCUT2D eigenvalue weighted by Gasteiger charge is 2.41. The molecule has 196 valence electrons. The number of hydrogen-bond donors (Lipinski definition) is 1. The third-order valence-electron chi connectivity index (χ3n) is 4.85. The van der Waals surface area contributed by atoms with Crippen LogP contribution in [0.4, 0.5) is 36.7 Å². The van der Waals surface area contributed by atoms with Crippen LogP contribution >= 0.6 is 34.8 Å². The number of aromatic nitrogens is 2. The highest BCUT2D eigenvalue weighted by atomic mass is 35.5. The van der Waals surface area contributed by atoms with E-state index in [0.29, 0.717) is 12.1 Å². The Morgan fingerprint density at radius 2 is 1.54 bits per heavy atom. The number of carbonyl (C=O) groups excluding carboxylic acids is 1. The molecule has 2 aromatic carbocycles. The molecule has 0 radical (unpaired) electrons. The number of alkyl halides is 6. The van der Waals surface area contributed by atoms with Crippen molar-refractivity contribution >= 4 is 52.5 Å². The van der Waals surface area contributed by atoms with Crippen LogP contribution in [-0.2, 0) is 6.18 Å². The quantitative estimate of drug-likeness (QED) is 0.110. The molecular weight excluding hydrogens is 576 g/mol. The molecule has 0 saturated carbocycles. The third-order valence-corrected chi connectivity index (χ3v) is 6.05. The highest BCUT2D eigenvalue weighted by molar-refractivity contribution is 6.48. The second-order valence-electron chi connectivity index (χ2n) is 7.31. The van der Waals surface area contributed by atoms with E-state index in [1.807, 2.05) is 0 Å². The van der Waals surface area contributed by atoms with Gasteiger partial charge in [0.1, 0.15) is 11.7 Å². The molecule has 0 aliphatic rings. The van der Waals surface area contributed by atoms with E-state index in [1.54, 1.807) is 0 Å². The molecule has 0 fully saturated rings. The van der Waals surface area contributed by atoms with Gasteiger partial charge in [0.05, 0.1) is 26.2 Å². The molecule has 1 amide bonds. The minimum absolute atomic E-state index is 0.0555. The van der Waals surface area contributed by atoms with Crippen molar-refractivity contribution in [2.24, 2.45) is 5.84 Å². The van der Waals surface area contributed by atoms with Crippen LogP contribution in [0.3, 0.4) is 0 Å². The molecule has 15 heteroatoms. The van der Waals surface area contributed by atoms with Gasteiger partial charge in [0, 0.05) is 18.0 Å². The Labute approximate surface area is 219 Å². The molecule has 0 saturated heterocycles. The van der Waals surface area contributed by atoms with Gasteiger partial charge in [-0.15, -0.1) is 0 Å². The van der Waals surface area contributed by atoms with E-state index in [0.717, 1.165) is 12.1 Å². The maximum atomic E-state index is 15.0. The molecule has 37 heavy (non-hydrogen) atoms. The highest BCUT2D eigenvalue weighted by Crippen LogP contribution is 2.43. The van der Waals surface area contributed by atoms with Gasteiger partial charge in [-0.1, -0.05) is 40.9 Å². The summed E-state index contributed by atoms with van der Waals surface area (Å²) in [6, 6.07) is 4.45. The molecule has 1 atom stereocenters. The van der Waals surface area contributed by atoms with Gasteiger partial charge in [0.15, 0.2) is 0 Å². The minimum Gasteiger partial charge on any atom is -0.267 e. The van der Waals surface area contributed by atoms with Gasteiger partial charge in [-0.25, -0.2) is 25.2 Å². The number of hydrazine groups is 1. The lowest BCUT2D eigenvalue weighted by atomic mass is 9.95. The Morgan fingerprint density at radius 1 is 0.973 bits per heavy atom. The van der Waals surface area contributed by atoms with Crippen LogP contribution in [0.5, 0.6) is 0 Å². The molecule has 3 aromatic rings. The van der Waals surface area contributed by atoms with Crippen molar-refractivity contribution in [2.75, 3.05) is 5.01 Å². The van der Waals surface area contributed by atoms with E-state index in [2.05, 4.69) is 9.97 Å². The lowest BCUT2D eigenvalue weighted by molar-refractivity contribution is -0.140. The average molecular weight is 588 g/mol. The van der Waals surface area contributed by atoms with Gasteiger partial charge in [-0.2, -0.15) is 26.3 Å². The SMILES string of the molecule is NN(C(=O)c1ccc(/C(F)=C/C(c2cc(Cl)c(Cl)c(Cl)c2)C(F)(F)F)cc1C(F)(F)F)c1ncccn1. The van der Waals surface area contributed by atoms with Crippen LogP contribution in [-0.4, -0.2) is 22.1 Å². The van der Waals surface area contributed by atoms with Crippen molar-refractivity contribution in [1.82, 2.24) is 9.97 Å². The zero-order valence-corrected chi connectivity index (χ0v) is 20.1. The van der Waals surface area contributed by atoms with Crippen LogP contribution < -0.4 is 10.9 Å². The minimum atomic E-state index is -5.21. The monoisotopic (exact) mass is 586 g/mol. The van der Waals surface area contributed by atoms with E-state index < -0.39 is 58.2 Å². The first-order chi connectivity index (χ1) is 17.1. The van der Waals surface area contributed by atoms with Gasteiger partial charge in [0.25, 0.3) is 5.91 Å². The van der Waals surface area contributed by atoms with Crippen molar-refractivity contribution in [3.8, 4) is 0 Å². The summed E-state index contributed by atoms with van der Waals surface area (Å²) in [6.45, 7) is 0. The zero-order valence-electron chi connectivity index (χ0n) is 17.9. The third kappa shape index (κ3) is 6.50. The number of halogens is 10. The molecule has 0 bridgehead atoms. The number of rotatable bonds is 5. The smallest absolute Gasteiger partial charge is 0.267 e. The van der Waals surface area contributed by atoms with Crippen molar-refractivity contribution in [1.29, 1.82) is 0 Å². The Balaban J connectivity index is 2.08. The molecule has 1 aromatic heterocycles. The van der Waals surface area contributed by atoms with Gasteiger partial charge in [-0.05, 0) is 42.0 Å². The first kappa shape index (κ1) is 28.6. The van der Waals surface area contributed by atoms with Crippen LogP contribution in [0.2, 0.25) is 15.1 Å². The summed E-state index contributed by atoms with van der Waals surface area (Å²) in [7, 11) is 0. The molecule has 3 rings (SSSR count). The van der Waals surface area contributed by atoms with Crippen molar-refractivity contribution in [2.45, 2.75) is 18.3 Å². The molecule has 0 aliphatic carbocycles. The summed E-state index contributed by atoms with van der Waals surface area (Å²) in [5, 5.41) is -0.682. The van der Waals surface area contributed by atoms with E-state index in [4.69, 9.17) is 40.6 Å². The van der Waals surface area contributed by atoms with E-state index in [-0.39, 0.29) is 32.2 Å². The number of amides is 1. The fraction of sp³-hybridized carbons (Fsp3) is 0.136. The second kappa shape index (κ2) is 10.8. The van der Waals surface area contributed by atoms with Crippen molar-refractivity contribution in [3.05, 3.63) is 92.2 Å². The Morgan fingerprint density at radius 3 is 2.05 bits per heavy atom. The Hall–Kier alpha value is -2.93. The Bertz CT molecular complexity index is 1330. The van der Waals surface area contributed by atoms with E-state index in [1.165, 1.54) is 18.5 Å². The molecule has 2 N–H and O–H groups in total. The van der Waals surface area contributed by atoms with Gasteiger partial charge in [0.2, 0.25) is 5.95 Å². The molecule has 1 unspecified atom stereocenters. The van der Waals surface area contributed by atoms with Crippen LogP contribution in [0.1, 0.15) is 33.0 Å². The largest absolute Gasteiger partial charge is 0.417 e. The standard InChI is InChI=1S/C22H12Cl3F7N4O/c23-15-7-11(8-16(24)18(15)25)13(21(27,28)29)9-17(26)10-2-3-12(14(6-10)22(30,31)32)19(37)36(33)20-34-4-1-5-35-20/h1-9,13H,33H2/b17-9-. The summed E-state index contributed by atoms with van der Waals surface area (Å²) < 4.78 is 97.5. The summed E-state index contributed by atoms with van der Waals surface area (Å²) in [5.74, 6) is -0.588. The summed E-state index contributed by atoms with van der Waals surface area (Å²) >= 11 is 17.3. The number of anilines is 1.